The van der Waals surface area contributed by atoms with Gasteiger partial charge in [0.15, 0.2) is 5.96 Å². The number of guanidine groups is 1. The van der Waals surface area contributed by atoms with Crippen LogP contribution >= 0.6 is 0 Å². The lowest BCUT2D eigenvalue weighted by atomic mass is 10.2. The number of hydrogen-bond donors (Lipinski definition) is 2. The molecule has 0 saturated carbocycles. The van der Waals surface area contributed by atoms with Crippen LogP contribution in [0.25, 0.3) is 0 Å². The number of methoxy groups -OCH3 is 1. The lowest BCUT2D eigenvalue weighted by Gasteiger charge is -2.10. The van der Waals surface area contributed by atoms with Gasteiger partial charge < -0.3 is 15.8 Å². The van der Waals surface area contributed by atoms with E-state index in [4.69, 9.17) is 10.5 Å². The van der Waals surface area contributed by atoms with Crippen molar-refractivity contribution in [3.8, 4) is 5.75 Å². The third-order valence-electron chi connectivity index (χ3n) is 2.73. The molecule has 0 unspecified atom stereocenters. The molecular formula is C15H18N4O. The van der Waals surface area contributed by atoms with Crippen LogP contribution in [0.4, 0.5) is 5.69 Å². The number of aryl methyl sites for hydroxylation is 1. The van der Waals surface area contributed by atoms with E-state index < -0.39 is 0 Å². The number of ether oxygens (including phenoxy) is 1. The summed E-state index contributed by atoms with van der Waals surface area (Å²) in [5.74, 6) is 1.07. The van der Waals surface area contributed by atoms with Crippen LogP contribution in [0.15, 0.2) is 47.7 Å². The number of anilines is 1. The molecule has 0 aliphatic heterocycles. The van der Waals surface area contributed by atoms with E-state index in [1.165, 1.54) is 0 Å². The minimum atomic E-state index is 0.344. The predicted octanol–water partition coefficient (Wildman–Crippen LogP) is 2.33. The number of para-hydroxylation sites is 2. The lowest BCUT2D eigenvalue weighted by molar-refractivity contribution is 0.417. The Morgan fingerprint density at radius 2 is 2.15 bits per heavy atom. The zero-order chi connectivity index (χ0) is 14.4. The first-order valence-electron chi connectivity index (χ1n) is 6.29. The first kappa shape index (κ1) is 13.9. The Morgan fingerprint density at radius 3 is 2.90 bits per heavy atom. The molecule has 104 valence electrons. The van der Waals surface area contributed by atoms with Gasteiger partial charge in [0.25, 0.3) is 0 Å². The highest BCUT2D eigenvalue weighted by atomic mass is 16.5. The Labute approximate surface area is 118 Å². The average molecular weight is 270 g/mol. The van der Waals surface area contributed by atoms with Gasteiger partial charge in [-0.25, -0.2) is 4.99 Å². The summed E-state index contributed by atoms with van der Waals surface area (Å²) in [6.07, 6.45) is 3.59. The molecule has 2 aromatic rings. The highest BCUT2D eigenvalue weighted by Crippen LogP contribution is 2.22. The van der Waals surface area contributed by atoms with Crippen LogP contribution in [-0.2, 0) is 6.54 Å². The van der Waals surface area contributed by atoms with Crippen molar-refractivity contribution in [1.29, 1.82) is 0 Å². The van der Waals surface area contributed by atoms with E-state index in [9.17, 15) is 0 Å². The molecule has 0 saturated heterocycles. The third-order valence-corrected chi connectivity index (χ3v) is 2.73. The summed E-state index contributed by atoms with van der Waals surface area (Å²) in [7, 11) is 1.62. The van der Waals surface area contributed by atoms with E-state index in [0.29, 0.717) is 12.5 Å². The zero-order valence-electron chi connectivity index (χ0n) is 11.6. The lowest BCUT2D eigenvalue weighted by Crippen LogP contribution is -2.22. The van der Waals surface area contributed by atoms with Crippen LogP contribution in [0, 0.1) is 6.92 Å². The maximum absolute atomic E-state index is 5.88. The Kier molecular flexibility index (Phi) is 4.55. The van der Waals surface area contributed by atoms with Gasteiger partial charge in [0, 0.05) is 12.4 Å². The molecule has 5 heteroatoms. The number of nitrogens with two attached hydrogens (primary N) is 1. The van der Waals surface area contributed by atoms with Crippen molar-refractivity contribution < 1.29 is 4.74 Å². The normalized spacial score (nSPS) is 11.2. The number of aromatic nitrogens is 1. The number of nitrogens with one attached hydrogen (secondary N) is 1. The summed E-state index contributed by atoms with van der Waals surface area (Å²) >= 11 is 0. The van der Waals surface area contributed by atoms with Crippen LogP contribution in [-0.4, -0.2) is 18.1 Å². The summed E-state index contributed by atoms with van der Waals surface area (Å²) in [5, 5.41) is 3.03. The fourth-order valence-electron chi connectivity index (χ4n) is 1.81. The molecule has 0 amide bonds. The molecule has 1 aromatic heterocycles. The van der Waals surface area contributed by atoms with Gasteiger partial charge in [-0.05, 0) is 30.2 Å². The SMILES string of the molecule is COc1ccccc1NC(N)=NCc1cncc(C)c1. The molecule has 1 aromatic carbocycles. The van der Waals surface area contributed by atoms with Gasteiger partial charge in [-0.3, -0.25) is 4.98 Å². The Balaban J connectivity index is 2.04. The number of nitrogens with zero attached hydrogens (tertiary/aromatic N) is 2. The molecule has 0 fully saturated rings. The second-order valence-corrected chi connectivity index (χ2v) is 4.40. The monoisotopic (exact) mass is 270 g/mol. The van der Waals surface area contributed by atoms with E-state index >= 15 is 0 Å². The summed E-state index contributed by atoms with van der Waals surface area (Å²) in [5.41, 5.74) is 8.80. The quantitative estimate of drug-likeness (QED) is 0.660. The molecule has 0 spiro atoms. The van der Waals surface area contributed by atoms with Crippen LogP contribution in [0.1, 0.15) is 11.1 Å². The Bertz CT molecular complexity index is 610. The van der Waals surface area contributed by atoms with E-state index in [1.807, 2.05) is 43.5 Å². The minimum absolute atomic E-state index is 0.344. The second kappa shape index (κ2) is 6.56. The fourth-order valence-corrected chi connectivity index (χ4v) is 1.81. The molecular weight excluding hydrogens is 252 g/mol. The third kappa shape index (κ3) is 3.71. The standard InChI is InChI=1S/C15H18N4O/c1-11-7-12(9-17-8-11)10-18-15(16)19-13-5-3-4-6-14(13)20-2/h3-9H,10H2,1-2H3,(H3,16,18,19). The fraction of sp³-hybridized carbons (Fsp3) is 0.200. The Hall–Kier alpha value is -2.56. The molecule has 0 atom stereocenters. The van der Waals surface area contributed by atoms with Crippen LogP contribution < -0.4 is 15.8 Å². The van der Waals surface area contributed by atoms with Crippen molar-refractivity contribution in [3.63, 3.8) is 0 Å². The van der Waals surface area contributed by atoms with Crippen LogP contribution in [0.3, 0.4) is 0 Å². The first-order chi connectivity index (χ1) is 9.69. The summed E-state index contributed by atoms with van der Waals surface area (Å²) in [6, 6.07) is 9.58. The van der Waals surface area contributed by atoms with Crippen molar-refractivity contribution in [1.82, 2.24) is 4.98 Å². The minimum Gasteiger partial charge on any atom is -0.495 e. The second-order valence-electron chi connectivity index (χ2n) is 4.40. The largest absolute Gasteiger partial charge is 0.495 e. The average Bonchev–Trinajstić information content (AvgIpc) is 2.46. The van der Waals surface area contributed by atoms with Gasteiger partial charge in [0.05, 0.1) is 19.3 Å². The van der Waals surface area contributed by atoms with Crippen molar-refractivity contribution in [2.24, 2.45) is 10.7 Å². The van der Waals surface area contributed by atoms with Gasteiger partial charge in [0.2, 0.25) is 0 Å². The summed E-state index contributed by atoms with van der Waals surface area (Å²) in [4.78, 5) is 8.42. The van der Waals surface area contributed by atoms with Crippen molar-refractivity contribution in [2.45, 2.75) is 13.5 Å². The number of rotatable bonds is 4. The van der Waals surface area contributed by atoms with E-state index in [2.05, 4.69) is 15.3 Å². The van der Waals surface area contributed by atoms with Gasteiger partial charge in [-0.15, -0.1) is 0 Å². The van der Waals surface area contributed by atoms with Gasteiger partial charge in [-0.2, -0.15) is 0 Å². The summed E-state index contributed by atoms with van der Waals surface area (Å²) < 4.78 is 5.24. The molecule has 0 aliphatic rings. The van der Waals surface area contributed by atoms with Crippen molar-refractivity contribution >= 4 is 11.6 Å². The van der Waals surface area contributed by atoms with Gasteiger partial charge in [0.1, 0.15) is 5.75 Å². The smallest absolute Gasteiger partial charge is 0.193 e. The summed E-state index contributed by atoms with van der Waals surface area (Å²) in [6.45, 7) is 2.49. The van der Waals surface area contributed by atoms with E-state index in [1.54, 1.807) is 13.3 Å². The Morgan fingerprint density at radius 1 is 1.35 bits per heavy atom. The molecule has 5 nitrogen and oxygen atoms in total. The highest BCUT2D eigenvalue weighted by molar-refractivity contribution is 5.93. The molecule has 0 radical (unpaired) electrons. The predicted molar refractivity (Wildman–Crippen MR) is 80.9 cm³/mol. The van der Waals surface area contributed by atoms with Gasteiger partial charge >= 0.3 is 0 Å². The van der Waals surface area contributed by atoms with Crippen LogP contribution in [0.5, 0.6) is 5.75 Å². The molecule has 0 bridgehead atoms. The van der Waals surface area contributed by atoms with E-state index in [0.717, 1.165) is 22.6 Å². The number of pyridine rings is 1. The van der Waals surface area contributed by atoms with Crippen LogP contribution in [0.2, 0.25) is 0 Å². The van der Waals surface area contributed by atoms with Crippen molar-refractivity contribution in [2.75, 3.05) is 12.4 Å². The molecule has 0 aliphatic carbocycles. The molecule has 2 rings (SSSR count). The molecule has 1 heterocycles. The maximum Gasteiger partial charge on any atom is 0.193 e. The zero-order valence-corrected chi connectivity index (χ0v) is 11.6. The number of aliphatic imine (C=N–C) groups is 1. The first-order valence-corrected chi connectivity index (χ1v) is 6.29. The maximum atomic E-state index is 5.88. The number of benzene rings is 1. The molecule has 3 N–H and O–H groups in total. The highest BCUT2D eigenvalue weighted by Gasteiger charge is 2.02. The molecule has 20 heavy (non-hydrogen) atoms. The number of hydrogen-bond acceptors (Lipinski definition) is 3. The van der Waals surface area contributed by atoms with Gasteiger partial charge in [-0.1, -0.05) is 18.2 Å². The van der Waals surface area contributed by atoms with E-state index in [-0.39, 0.29) is 0 Å². The van der Waals surface area contributed by atoms with Crippen molar-refractivity contribution in [3.05, 3.63) is 53.9 Å². The topological polar surface area (TPSA) is 72.5 Å².